The van der Waals surface area contributed by atoms with Gasteiger partial charge in [-0.25, -0.2) is 21.9 Å². The van der Waals surface area contributed by atoms with Crippen LogP contribution >= 0.6 is 0 Å². The Morgan fingerprint density at radius 3 is 2.64 bits per heavy atom. The van der Waals surface area contributed by atoms with Crippen LogP contribution in [-0.4, -0.2) is 33.6 Å². The van der Waals surface area contributed by atoms with Gasteiger partial charge in [0.2, 0.25) is 15.9 Å². The summed E-state index contributed by atoms with van der Waals surface area (Å²) in [6.45, 7) is 0.757. The van der Waals surface area contributed by atoms with Gasteiger partial charge in [-0.15, -0.1) is 0 Å². The molecule has 1 unspecified atom stereocenters. The second kappa shape index (κ2) is 5.66. The molecule has 0 radical (unpaired) electrons. The smallest absolute Gasteiger partial charge is 0.249 e. The van der Waals surface area contributed by atoms with Crippen LogP contribution in [0, 0.1) is 0 Å². The molecule has 122 valence electrons. The molecule has 1 aliphatic carbocycles. The number of hydrogen-bond acceptors (Lipinski definition) is 4. The van der Waals surface area contributed by atoms with Crippen LogP contribution in [0.5, 0.6) is 11.5 Å². The maximum absolute atomic E-state index is 13.4. The summed E-state index contributed by atoms with van der Waals surface area (Å²) in [4.78, 5) is -0.00867. The maximum Gasteiger partial charge on any atom is 0.249 e. The van der Waals surface area contributed by atoms with E-state index in [1.165, 1.54) is 18.2 Å². The zero-order chi connectivity index (χ0) is 15.8. The van der Waals surface area contributed by atoms with Crippen molar-refractivity contribution in [2.75, 3.05) is 13.2 Å². The van der Waals surface area contributed by atoms with E-state index in [-0.39, 0.29) is 11.3 Å². The van der Waals surface area contributed by atoms with E-state index >= 15 is 0 Å². The highest BCUT2D eigenvalue weighted by atomic mass is 32.2. The summed E-state index contributed by atoms with van der Waals surface area (Å²) in [6.07, 6.45) is 0.0761. The van der Waals surface area contributed by atoms with E-state index in [4.69, 9.17) is 9.47 Å². The summed E-state index contributed by atoms with van der Waals surface area (Å²) in [7, 11) is -3.86. The van der Waals surface area contributed by atoms with Crippen LogP contribution in [0.15, 0.2) is 23.1 Å². The minimum absolute atomic E-state index is 0.00867. The van der Waals surface area contributed by atoms with Crippen molar-refractivity contribution in [3.63, 3.8) is 0 Å². The van der Waals surface area contributed by atoms with Crippen LogP contribution in [0.1, 0.15) is 25.7 Å². The molecule has 3 rings (SSSR count). The Labute approximate surface area is 127 Å². The average molecular weight is 333 g/mol. The first-order valence-corrected chi connectivity index (χ1v) is 8.64. The van der Waals surface area contributed by atoms with E-state index in [0.29, 0.717) is 37.6 Å². The van der Waals surface area contributed by atoms with Gasteiger partial charge in [-0.05, 0) is 25.0 Å². The molecule has 1 aromatic carbocycles. The van der Waals surface area contributed by atoms with Gasteiger partial charge in [0.1, 0.15) is 13.2 Å². The molecule has 1 aromatic rings. The molecule has 1 saturated carbocycles. The van der Waals surface area contributed by atoms with Crippen LogP contribution < -0.4 is 14.2 Å². The fourth-order valence-electron chi connectivity index (χ4n) is 2.75. The molecule has 5 nitrogen and oxygen atoms in total. The fraction of sp³-hybridized carbons (Fsp3) is 0.571. The molecule has 1 N–H and O–H groups in total. The predicted molar refractivity (Wildman–Crippen MR) is 75.0 cm³/mol. The van der Waals surface area contributed by atoms with Crippen molar-refractivity contribution in [1.29, 1.82) is 0 Å². The number of nitrogens with one attached hydrogen (secondary N) is 1. The summed E-state index contributed by atoms with van der Waals surface area (Å²) >= 11 is 0. The average Bonchev–Trinajstić information content (AvgIpc) is 2.45. The summed E-state index contributed by atoms with van der Waals surface area (Å²) in [5, 5.41) is 0. The van der Waals surface area contributed by atoms with E-state index in [2.05, 4.69) is 4.72 Å². The van der Waals surface area contributed by atoms with Gasteiger partial charge in [0.15, 0.2) is 11.5 Å². The first kappa shape index (κ1) is 15.5. The van der Waals surface area contributed by atoms with Crippen LogP contribution in [0.4, 0.5) is 8.78 Å². The normalized spacial score (nSPS) is 24.0. The molecular formula is C14H17F2NO4S. The lowest BCUT2D eigenvalue weighted by molar-refractivity contribution is -0.0414. The van der Waals surface area contributed by atoms with E-state index in [9.17, 15) is 17.2 Å². The third-order valence-electron chi connectivity index (χ3n) is 3.79. The monoisotopic (exact) mass is 333 g/mol. The lowest BCUT2D eigenvalue weighted by Gasteiger charge is -2.29. The number of halogens is 2. The first-order chi connectivity index (χ1) is 10.4. The van der Waals surface area contributed by atoms with Gasteiger partial charge >= 0.3 is 0 Å². The van der Waals surface area contributed by atoms with Crippen molar-refractivity contribution in [1.82, 2.24) is 4.72 Å². The zero-order valence-electron chi connectivity index (χ0n) is 11.8. The lowest BCUT2D eigenvalue weighted by Crippen LogP contribution is -2.42. The summed E-state index contributed by atoms with van der Waals surface area (Å²) in [6, 6.07) is 3.51. The van der Waals surface area contributed by atoms with Crippen molar-refractivity contribution in [3.05, 3.63) is 18.2 Å². The Hall–Kier alpha value is -1.41. The van der Waals surface area contributed by atoms with E-state index < -0.39 is 28.4 Å². The summed E-state index contributed by atoms with van der Waals surface area (Å²) < 4.78 is 64.5. The summed E-state index contributed by atoms with van der Waals surface area (Å²) in [5.41, 5.74) is 0. The highest BCUT2D eigenvalue weighted by Crippen LogP contribution is 2.35. The quantitative estimate of drug-likeness (QED) is 0.922. The first-order valence-electron chi connectivity index (χ1n) is 7.16. The minimum atomic E-state index is -3.86. The number of alkyl halides is 2. The summed E-state index contributed by atoms with van der Waals surface area (Å²) in [5.74, 6) is -1.98. The van der Waals surface area contributed by atoms with Crippen molar-refractivity contribution < 1.29 is 26.7 Å². The third kappa shape index (κ3) is 3.33. The van der Waals surface area contributed by atoms with Crippen molar-refractivity contribution in [2.24, 2.45) is 0 Å². The molecule has 1 heterocycles. The molecule has 1 atom stereocenters. The number of hydrogen-bond donors (Lipinski definition) is 1. The number of benzene rings is 1. The standard InChI is InChI=1S/C14H17F2NO4S/c15-14(16)5-1-2-10(9-14)17-22(18,19)11-3-4-12-13(8-11)21-7-6-20-12/h3-4,8,10,17H,1-2,5-7,9H2. The van der Waals surface area contributed by atoms with Gasteiger partial charge in [0.25, 0.3) is 0 Å². The molecule has 0 aromatic heterocycles. The number of ether oxygens (including phenoxy) is 2. The van der Waals surface area contributed by atoms with Gasteiger partial charge in [-0.3, -0.25) is 0 Å². The lowest BCUT2D eigenvalue weighted by atomic mass is 9.93. The predicted octanol–water partition coefficient (Wildman–Crippen LogP) is 2.31. The second-order valence-corrected chi connectivity index (χ2v) is 7.29. The van der Waals surface area contributed by atoms with Gasteiger partial charge in [0, 0.05) is 24.9 Å². The van der Waals surface area contributed by atoms with Crippen molar-refractivity contribution >= 4 is 10.0 Å². The van der Waals surface area contributed by atoms with Gasteiger partial charge in [-0.1, -0.05) is 0 Å². The van der Waals surface area contributed by atoms with Crippen LogP contribution in [0.25, 0.3) is 0 Å². The van der Waals surface area contributed by atoms with E-state index in [0.717, 1.165) is 0 Å². The van der Waals surface area contributed by atoms with Gasteiger partial charge < -0.3 is 9.47 Å². The SMILES string of the molecule is O=S(=O)(NC1CCCC(F)(F)C1)c1ccc2c(c1)OCCO2. The van der Waals surface area contributed by atoms with Crippen LogP contribution in [-0.2, 0) is 10.0 Å². The molecule has 22 heavy (non-hydrogen) atoms. The fourth-order valence-corrected chi connectivity index (χ4v) is 4.04. The Morgan fingerprint density at radius 1 is 1.18 bits per heavy atom. The Bertz CT molecular complexity index is 663. The van der Waals surface area contributed by atoms with Crippen LogP contribution in [0.2, 0.25) is 0 Å². The van der Waals surface area contributed by atoms with Crippen LogP contribution in [0.3, 0.4) is 0 Å². The highest BCUT2D eigenvalue weighted by Gasteiger charge is 2.38. The van der Waals surface area contributed by atoms with Crippen molar-refractivity contribution in [3.8, 4) is 11.5 Å². The molecule has 0 amide bonds. The number of sulfonamides is 1. The van der Waals surface area contributed by atoms with Crippen molar-refractivity contribution in [2.45, 2.75) is 42.5 Å². The minimum Gasteiger partial charge on any atom is -0.486 e. The largest absolute Gasteiger partial charge is 0.486 e. The molecule has 2 aliphatic rings. The van der Waals surface area contributed by atoms with E-state index in [1.807, 2.05) is 0 Å². The maximum atomic E-state index is 13.4. The second-order valence-electron chi connectivity index (χ2n) is 5.58. The molecule has 1 aliphatic heterocycles. The number of fused-ring (bicyclic) bond motifs is 1. The third-order valence-corrected chi connectivity index (χ3v) is 5.30. The molecule has 1 fully saturated rings. The Balaban J connectivity index is 1.78. The van der Waals surface area contributed by atoms with Gasteiger partial charge in [0.05, 0.1) is 4.90 Å². The Kier molecular flexibility index (Phi) is 3.98. The highest BCUT2D eigenvalue weighted by molar-refractivity contribution is 7.89. The molecule has 0 saturated heterocycles. The number of rotatable bonds is 3. The molecule has 0 bridgehead atoms. The Morgan fingerprint density at radius 2 is 1.91 bits per heavy atom. The zero-order valence-corrected chi connectivity index (χ0v) is 12.7. The van der Waals surface area contributed by atoms with E-state index in [1.54, 1.807) is 0 Å². The molecule has 8 heteroatoms. The molecule has 0 spiro atoms. The topological polar surface area (TPSA) is 64.6 Å². The molecular weight excluding hydrogens is 316 g/mol. The van der Waals surface area contributed by atoms with Gasteiger partial charge in [-0.2, -0.15) is 0 Å².